The van der Waals surface area contributed by atoms with Crippen LogP contribution in [0.15, 0.2) is 10.9 Å². The van der Waals surface area contributed by atoms with Crippen LogP contribution in [0.1, 0.15) is 38.6 Å². The second kappa shape index (κ2) is 8.92. The van der Waals surface area contributed by atoms with Crippen LogP contribution in [0.4, 0.5) is 0 Å². The number of rotatable bonds is 9. The van der Waals surface area contributed by atoms with Gasteiger partial charge in [-0.1, -0.05) is 20.8 Å². The average Bonchev–Trinajstić information content (AvgIpc) is 2.49. The topological polar surface area (TPSA) is 85.9 Å². The lowest BCUT2D eigenvalue weighted by atomic mass is 10.1. The number of pyridine rings is 1. The highest BCUT2D eigenvalue weighted by molar-refractivity contribution is 5.30. The molecule has 0 saturated heterocycles. The van der Waals surface area contributed by atoms with Crippen molar-refractivity contribution in [2.24, 2.45) is 5.92 Å². The molecule has 0 fully saturated rings. The van der Waals surface area contributed by atoms with E-state index in [-0.39, 0.29) is 19.0 Å². The lowest BCUT2D eigenvalue weighted by Gasteiger charge is -2.25. The Morgan fingerprint density at radius 3 is 2.50 bits per heavy atom. The molecule has 126 valence electrons. The summed E-state index contributed by atoms with van der Waals surface area (Å²) in [5, 5.41) is 28.8. The zero-order valence-corrected chi connectivity index (χ0v) is 13.7. The monoisotopic (exact) mass is 312 g/mol. The van der Waals surface area contributed by atoms with Crippen LogP contribution in [-0.2, 0) is 19.7 Å². The van der Waals surface area contributed by atoms with Gasteiger partial charge in [0.1, 0.15) is 0 Å². The highest BCUT2D eigenvalue weighted by Crippen LogP contribution is 2.19. The van der Waals surface area contributed by atoms with Gasteiger partial charge < -0.3 is 19.9 Å². The van der Waals surface area contributed by atoms with E-state index in [0.717, 1.165) is 6.42 Å². The van der Waals surface area contributed by atoms with Gasteiger partial charge in [0.25, 0.3) is 0 Å². The van der Waals surface area contributed by atoms with E-state index in [1.54, 1.807) is 0 Å². The number of aliphatic hydroxyl groups excluding tert-OH is 2. The Morgan fingerprint density at radius 2 is 2.00 bits per heavy atom. The summed E-state index contributed by atoms with van der Waals surface area (Å²) in [6.07, 6.45) is 0.883. The van der Waals surface area contributed by atoms with Crippen molar-refractivity contribution in [2.75, 3.05) is 19.7 Å². The summed E-state index contributed by atoms with van der Waals surface area (Å²) in [7, 11) is 0. The summed E-state index contributed by atoms with van der Waals surface area (Å²) < 4.78 is 1.83. The predicted octanol–water partition coefficient (Wildman–Crippen LogP) is 0.906. The Kier molecular flexibility index (Phi) is 7.58. The molecule has 0 aromatic carbocycles. The number of aliphatic hydroxyl groups is 2. The fraction of sp³-hybridized carbons (Fsp3) is 0.688. The molecule has 0 atom stereocenters. The Morgan fingerprint density at radius 1 is 1.32 bits per heavy atom. The molecular weight excluding hydrogens is 284 g/mol. The number of aromatic nitrogens is 1. The van der Waals surface area contributed by atoms with Crippen molar-refractivity contribution in [1.82, 2.24) is 9.47 Å². The maximum atomic E-state index is 11.9. The van der Waals surface area contributed by atoms with Gasteiger partial charge >= 0.3 is 0 Å². The van der Waals surface area contributed by atoms with Crippen molar-refractivity contribution >= 4 is 0 Å². The van der Waals surface area contributed by atoms with E-state index in [1.165, 1.54) is 6.07 Å². The summed E-state index contributed by atoms with van der Waals surface area (Å²) >= 11 is 0. The van der Waals surface area contributed by atoms with Gasteiger partial charge in [-0.2, -0.15) is 0 Å². The van der Waals surface area contributed by atoms with E-state index >= 15 is 0 Å². The molecule has 0 aliphatic rings. The van der Waals surface area contributed by atoms with Gasteiger partial charge in [-0.25, -0.2) is 0 Å². The maximum Gasteiger partial charge on any atom is 0.223 e. The zero-order chi connectivity index (χ0) is 16.7. The smallest absolute Gasteiger partial charge is 0.223 e. The molecule has 0 unspecified atom stereocenters. The fourth-order valence-electron chi connectivity index (χ4n) is 2.40. The molecule has 1 aromatic rings. The van der Waals surface area contributed by atoms with Gasteiger partial charge in [0.15, 0.2) is 5.75 Å². The van der Waals surface area contributed by atoms with E-state index in [2.05, 4.69) is 13.8 Å². The van der Waals surface area contributed by atoms with Crippen LogP contribution >= 0.6 is 0 Å². The molecule has 0 amide bonds. The quantitative estimate of drug-likeness (QED) is 0.631. The van der Waals surface area contributed by atoms with E-state index in [1.807, 2.05) is 16.4 Å². The first-order valence-corrected chi connectivity index (χ1v) is 7.83. The Balaban J connectivity index is 3.24. The van der Waals surface area contributed by atoms with Crippen LogP contribution in [0.5, 0.6) is 5.75 Å². The van der Waals surface area contributed by atoms with Crippen LogP contribution in [0.3, 0.4) is 0 Å². The molecule has 6 heteroatoms. The predicted molar refractivity (Wildman–Crippen MR) is 85.8 cm³/mol. The van der Waals surface area contributed by atoms with Crippen molar-refractivity contribution in [3.63, 3.8) is 0 Å². The second-order valence-electron chi connectivity index (χ2n) is 5.88. The molecule has 3 N–H and O–H groups in total. The molecule has 1 aromatic heterocycles. The molecule has 0 spiro atoms. The Bertz CT molecular complexity index is 526. The van der Waals surface area contributed by atoms with Crippen molar-refractivity contribution < 1.29 is 15.3 Å². The van der Waals surface area contributed by atoms with Gasteiger partial charge in [0.2, 0.25) is 5.43 Å². The molecule has 0 bridgehead atoms. The van der Waals surface area contributed by atoms with Crippen molar-refractivity contribution in [3.8, 4) is 5.75 Å². The molecular formula is C16H28N2O4. The van der Waals surface area contributed by atoms with Crippen molar-refractivity contribution in [2.45, 2.75) is 46.9 Å². The van der Waals surface area contributed by atoms with E-state index in [9.17, 15) is 15.0 Å². The summed E-state index contributed by atoms with van der Waals surface area (Å²) in [5.74, 6) is 0.207. The number of aromatic hydroxyl groups is 1. The van der Waals surface area contributed by atoms with Gasteiger partial charge in [0.05, 0.1) is 18.9 Å². The second-order valence-corrected chi connectivity index (χ2v) is 5.88. The minimum Gasteiger partial charge on any atom is -0.503 e. The van der Waals surface area contributed by atoms with Crippen molar-refractivity contribution in [3.05, 3.63) is 27.7 Å². The Labute approximate surface area is 131 Å². The third-order valence-corrected chi connectivity index (χ3v) is 3.81. The van der Waals surface area contributed by atoms with E-state index in [0.29, 0.717) is 43.5 Å². The summed E-state index contributed by atoms with van der Waals surface area (Å²) in [5.41, 5.74) is 0.547. The fourth-order valence-corrected chi connectivity index (χ4v) is 2.40. The highest BCUT2D eigenvalue weighted by atomic mass is 16.3. The first-order valence-electron chi connectivity index (χ1n) is 7.83. The van der Waals surface area contributed by atoms with E-state index in [4.69, 9.17) is 5.11 Å². The largest absolute Gasteiger partial charge is 0.503 e. The third kappa shape index (κ3) is 4.83. The number of nitrogens with zero attached hydrogens (tertiary/aromatic N) is 2. The van der Waals surface area contributed by atoms with Crippen molar-refractivity contribution in [1.29, 1.82) is 0 Å². The van der Waals surface area contributed by atoms with Gasteiger partial charge in [0, 0.05) is 31.4 Å². The highest BCUT2D eigenvalue weighted by Gasteiger charge is 2.17. The summed E-state index contributed by atoms with van der Waals surface area (Å²) in [6, 6.07) is 1.29. The molecule has 1 rings (SSSR count). The summed E-state index contributed by atoms with van der Waals surface area (Å²) in [6.45, 7) is 8.10. The van der Waals surface area contributed by atoms with Crippen LogP contribution in [0, 0.1) is 5.92 Å². The normalized spacial score (nSPS) is 11.6. The maximum absolute atomic E-state index is 11.9. The van der Waals surface area contributed by atoms with Crippen LogP contribution in [-0.4, -0.2) is 44.5 Å². The van der Waals surface area contributed by atoms with Gasteiger partial charge in [-0.15, -0.1) is 0 Å². The Hall–Kier alpha value is -1.37. The molecule has 0 saturated carbocycles. The first kappa shape index (κ1) is 18.7. The molecule has 22 heavy (non-hydrogen) atoms. The molecule has 0 aliphatic heterocycles. The SMILES string of the molecule is CCN(CCO)Cc1c(O)c(=O)cc(CO)n1CCC(C)C. The number of hydrogen-bond acceptors (Lipinski definition) is 5. The van der Waals surface area contributed by atoms with Gasteiger partial charge in [-0.3, -0.25) is 9.69 Å². The van der Waals surface area contributed by atoms with Gasteiger partial charge in [-0.05, 0) is 18.9 Å². The van der Waals surface area contributed by atoms with Crippen LogP contribution in [0.2, 0.25) is 0 Å². The minimum atomic E-state index is -0.472. The lowest BCUT2D eigenvalue weighted by molar-refractivity contribution is 0.190. The zero-order valence-electron chi connectivity index (χ0n) is 13.7. The molecule has 6 nitrogen and oxygen atoms in total. The van der Waals surface area contributed by atoms with E-state index < -0.39 is 5.43 Å². The van der Waals surface area contributed by atoms with Crippen LogP contribution in [0.25, 0.3) is 0 Å². The molecule has 0 radical (unpaired) electrons. The standard InChI is InChI=1S/C16H28N2O4/c1-4-17(7-8-19)10-14-16(22)15(21)9-13(11-20)18(14)6-5-12(2)3/h9,12,19-20,22H,4-8,10-11H2,1-3H3. The third-order valence-electron chi connectivity index (χ3n) is 3.81. The molecule has 1 heterocycles. The average molecular weight is 312 g/mol. The van der Waals surface area contributed by atoms with Crippen LogP contribution < -0.4 is 5.43 Å². The first-order chi connectivity index (χ1) is 10.4. The minimum absolute atomic E-state index is 0.0184. The number of hydrogen-bond donors (Lipinski definition) is 3. The summed E-state index contributed by atoms with van der Waals surface area (Å²) in [4.78, 5) is 13.8. The lowest BCUT2D eigenvalue weighted by Crippen LogP contribution is -2.30. The number of likely N-dealkylation sites (N-methyl/N-ethyl adjacent to an activating group) is 1. The molecule has 0 aliphatic carbocycles.